The topological polar surface area (TPSA) is 12.0 Å². The minimum absolute atomic E-state index is 0.927. The van der Waals surface area contributed by atoms with Crippen LogP contribution in [0.15, 0.2) is 12.2 Å². The molecule has 0 unspecified atom stereocenters. The summed E-state index contributed by atoms with van der Waals surface area (Å²) in [5, 5.41) is 3.52. The van der Waals surface area contributed by atoms with Gasteiger partial charge in [-0.05, 0) is 37.6 Å². The molecule has 0 aromatic carbocycles. The summed E-state index contributed by atoms with van der Waals surface area (Å²) < 4.78 is 0. The van der Waals surface area contributed by atoms with Crippen LogP contribution in [-0.2, 0) is 0 Å². The molecule has 0 saturated heterocycles. The van der Waals surface area contributed by atoms with E-state index >= 15 is 0 Å². The highest BCUT2D eigenvalue weighted by Gasteiger charge is 2.17. The van der Waals surface area contributed by atoms with Gasteiger partial charge in [0.25, 0.3) is 0 Å². The molecule has 14 heavy (non-hydrogen) atoms. The van der Waals surface area contributed by atoms with Gasteiger partial charge in [-0.1, -0.05) is 38.8 Å². The summed E-state index contributed by atoms with van der Waals surface area (Å²) in [5.41, 5.74) is 1.33. The van der Waals surface area contributed by atoms with Crippen LogP contribution in [0.5, 0.6) is 0 Å². The van der Waals surface area contributed by atoms with Gasteiger partial charge in [0, 0.05) is 6.54 Å². The molecule has 1 N–H and O–H groups in total. The van der Waals surface area contributed by atoms with E-state index in [9.17, 15) is 0 Å². The van der Waals surface area contributed by atoms with Gasteiger partial charge in [0.2, 0.25) is 0 Å². The highest BCUT2D eigenvalue weighted by Crippen LogP contribution is 2.27. The van der Waals surface area contributed by atoms with Crippen LogP contribution in [0.2, 0.25) is 0 Å². The van der Waals surface area contributed by atoms with Crippen molar-refractivity contribution in [3.8, 4) is 0 Å². The molecule has 0 spiro atoms. The monoisotopic (exact) mass is 195 g/mol. The summed E-state index contributed by atoms with van der Waals surface area (Å²) in [6.45, 7) is 10.8. The number of hydrogen-bond donors (Lipinski definition) is 1. The van der Waals surface area contributed by atoms with Crippen molar-refractivity contribution in [2.45, 2.75) is 46.0 Å². The third-order valence-corrected chi connectivity index (χ3v) is 3.44. The molecule has 1 fully saturated rings. The van der Waals surface area contributed by atoms with Crippen molar-refractivity contribution in [3.05, 3.63) is 12.2 Å². The zero-order valence-electron chi connectivity index (χ0n) is 9.81. The highest BCUT2D eigenvalue weighted by atomic mass is 14.9. The Morgan fingerprint density at radius 2 is 1.93 bits per heavy atom. The molecule has 0 aliphatic heterocycles. The molecule has 1 aliphatic carbocycles. The molecular weight excluding hydrogens is 170 g/mol. The SMILES string of the molecule is C=C(CC)CNCC1CCC(C)CC1. The Bertz CT molecular complexity index is 166. The lowest BCUT2D eigenvalue weighted by Crippen LogP contribution is -2.27. The largest absolute Gasteiger partial charge is 0.313 e. The third-order valence-electron chi connectivity index (χ3n) is 3.44. The van der Waals surface area contributed by atoms with Crippen LogP contribution in [0, 0.1) is 11.8 Å². The lowest BCUT2D eigenvalue weighted by Gasteiger charge is -2.26. The molecule has 1 heteroatoms. The minimum Gasteiger partial charge on any atom is -0.313 e. The van der Waals surface area contributed by atoms with E-state index in [0.29, 0.717) is 0 Å². The van der Waals surface area contributed by atoms with Gasteiger partial charge in [-0.25, -0.2) is 0 Å². The normalized spacial score (nSPS) is 27.6. The Hall–Kier alpha value is -0.300. The van der Waals surface area contributed by atoms with Crippen LogP contribution in [0.25, 0.3) is 0 Å². The molecule has 1 rings (SSSR count). The molecule has 1 nitrogen and oxygen atoms in total. The summed E-state index contributed by atoms with van der Waals surface area (Å²) >= 11 is 0. The van der Waals surface area contributed by atoms with Gasteiger partial charge >= 0.3 is 0 Å². The molecule has 0 radical (unpaired) electrons. The van der Waals surface area contributed by atoms with Crippen molar-refractivity contribution in [2.75, 3.05) is 13.1 Å². The van der Waals surface area contributed by atoms with E-state index in [4.69, 9.17) is 0 Å². The first-order valence-electron chi connectivity index (χ1n) is 6.09. The van der Waals surface area contributed by atoms with Crippen LogP contribution in [-0.4, -0.2) is 13.1 Å². The Kier molecular flexibility index (Phi) is 5.24. The molecule has 0 heterocycles. The number of hydrogen-bond acceptors (Lipinski definition) is 1. The fourth-order valence-corrected chi connectivity index (χ4v) is 2.11. The second-order valence-corrected chi connectivity index (χ2v) is 4.86. The Balaban J connectivity index is 2.04. The average molecular weight is 195 g/mol. The predicted octanol–water partition coefficient (Wildman–Crippen LogP) is 3.37. The molecule has 0 aromatic rings. The zero-order chi connectivity index (χ0) is 10.4. The van der Waals surface area contributed by atoms with Gasteiger partial charge in [0.1, 0.15) is 0 Å². The van der Waals surface area contributed by atoms with Crippen LogP contribution >= 0.6 is 0 Å². The standard InChI is InChI=1S/C13H25N/c1-4-11(2)9-14-10-13-7-5-12(3)6-8-13/h12-14H,2,4-10H2,1,3H3. The van der Waals surface area contributed by atoms with Gasteiger partial charge in [0.05, 0.1) is 0 Å². The summed E-state index contributed by atoms with van der Waals surface area (Å²) in [5.74, 6) is 1.90. The molecule has 1 saturated carbocycles. The van der Waals surface area contributed by atoms with Crippen molar-refractivity contribution < 1.29 is 0 Å². The fourth-order valence-electron chi connectivity index (χ4n) is 2.11. The van der Waals surface area contributed by atoms with Gasteiger partial charge in [-0.15, -0.1) is 0 Å². The Morgan fingerprint density at radius 3 is 2.50 bits per heavy atom. The third kappa shape index (κ3) is 4.28. The summed E-state index contributed by atoms with van der Waals surface area (Å²) in [6, 6.07) is 0. The smallest absolute Gasteiger partial charge is 0.0161 e. The lowest BCUT2D eigenvalue weighted by molar-refractivity contribution is 0.283. The summed E-state index contributed by atoms with van der Waals surface area (Å²) in [4.78, 5) is 0. The van der Waals surface area contributed by atoms with E-state index in [-0.39, 0.29) is 0 Å². The molecule has 1 aliphatic rings. The van der Waals surface area contributed by atoms with E-state index in [1.54, 1.807) is 0 Å². The first kappa shape index (κ1) is 11.8. The van der Waals surface area contributed by atoms with Gasteiger partial charge in [-0.2, -0.15) is 0 Å². The average Bonchev–Trinajstić information content (AvgIpc) is 2.21. The fraction of sp³-hybridized carbons (Fsp3) is 0.846. The van der Waals surface area contributed by atoms with Crippen LogP contribution < -0.4 is 5.32 Å². The predicted molar refractivity (Wildman–Crippen MR) is 63.4 cm³/mol. The molecule has 82 valence electrons. The van der Waals surface area contributed by atoms with Crippen molar-refractivity contribution in [2.24, 2.45) is 11.8 Å². The molecule has 0 amide bonds. The Morgan fingerprint density at radius 1 is 1.29 bits per heavy atom. The van der Waals surface area contributed by atoms with E-state index in [1.807, 2.05) is 0 Å². The molecular formula is C13H25N. The Labute approximate surface area is 89.0 Å². The molecule has 0 bridgehead atoms. The number of rotatable bonds is 5. The van der Waals surface area contributed by atoms with Gasteiger partial charge in [0.15, 0.2) is 0 Å². The van der Waals surface area contributed by atoms with Crippen molar-refractivity contribution in [1.82, 2.24) is 5.32 Å². The number of nitrogens with one attached hydrogen (secondary N) is 1. The maximum absolute atomic E-state index is 4.01. The maximum atomic E-state index is 4.01. The highest BCUT2D eigenvalue weighted by molar-refractivity contribution is 4.95. The van der Waals surface area contributed by atoms with Crippen LogP contribution in [0.1, 0.15) is 46.0 Å². The minimum atomic E-state index is 0.927. The molecule has 0 aromatic heterocycles. The van der Waals surface area contributed by atoms with Crippen LogP contribution in [0.3, 0.4) is 0 Å². The van der Waals surface area contributed by atoms with Crippen molar-refractivity contribution in [3.63, 3.8) is 0 Å². The van der Waals surface area contributed by atoms with Crippen molar-refractivity contribution >= 4 is 0 Å². The maximum Gasteiger partial charge on any atom is 0.0161 e. The van der Waals surface area contributed by atoms with E-state index < -0.39 is 0 Å². The van der Waals surface area contributed by atoms with E-state index in [0.717, 1.165) is 24.8 Å². The van der Waals surface area contributed by atoms with Gasteiger partial charge < -0.3 is 5.32 Å². The summed E-state index contributed by atoms with van der Waals surface area (Å²) in [6.07, 6.45) is 6.82. The van der Waals surface area contributed by atoms with Crippen LogP contribution in [0.4, 0.5) is 0 Å². The first-order valence-corrected chi connectivity index (χ1v) is 6.09. The molecule has 0 atom stereocenters. The quantitative estimate of drug-likeness (QED) is 0.663. The van der Waals surface area contributed by atoms with Gasteiger partial charge in [-0.3, -0.25) is 0 Å². The second kappa shape index (κ2) is 6.23. The first-order chi connectivity index (χ1) is 6.72. The zero-order valence-corrected chi connectivity index (χ0v) is 9.81. The van der Waals surface area contributed by atoms with E-state index in [1.165, 1.54) is 37.8 Å². The lowest BCUT2D eigenvalue weighted by atomic mass is 9.83. The van der Waals surface area contributed by atoms with Crippen molar-refractivity contribution in [1.29, 1.82) is 0 Å². The second-order valence-electron chi connectivity index (χ2n) is 4.86. The summed E-state index contributed by atoms with van der Waals surface area (Å²) in [7, 11) is 0. The van der Waals surface area contributed by atoms with E-state index in [2.05, 4.69) is 25.7 Å².